The first kappa shape index (κ1) is 32.2. The van der Waals surface area contributed by atoms with Gasteiger partial charge in [-0.2, -0.15) is 0 Å². The number of hydrogen-bond donors (Lipinski definition) is 2. The minimum Gasteiger partial charge on any atom is -0.489 e. The van der Waals surface area contributed by atoms with Crippen LogP contribution in [-0.4, -0.2) is 81.1 Å². The molecule has 3 fully saturated rings. The lowest BCUT2D eigenvalue weighted by atomic mass is 9.71. The molecule has 0 saturated carbocycles. The highest BCUT2D eigenvalue weighted by Crippen LogP contribution is 2.47. The second kappa shape index (κ2) is 13.2. The topological polar surface area (TPSA) is 78.9 Å². The largest absolute Gasteiger partial charge is 0.489 e. The van der Waals surface area contributed by atoms with Crippen LogP contribution in [0.4, 0.5) is 0 Å². The van der Waals surface area contributed by atoms with Crippen molar-refractivity contribution in [3.8, 4) is 5.75 Å². The van der Waals surface area contributed by atoms with E-state index in [1.165, 1.54) is 49.3 Å². The van der Waals surface area contributed by atoms with Crippen LogP contribution in [0.15, 0.2) is 71.6 Å². The average Bonchev–Trinajstić information content (AvgIpc) is 3.11. The normalized spacial score (nSPS) is 28.8. The number of benzene rings is 3. The van der Waals surface area contributed by atoms with Crippen molar-refractivity contribution in [3.63, 3.8) is 0 Å². The Morgan fingerprint density at radius 2 is 1.60 bits per heavy atom. The van der Waals surface area contributed by atoms with Gasteiger partial charge < -0.3 is 19.6 Å². The first-order valence-electron chi connectivity index (χ1n) is 16.7. The number of sulfone groups is 1. The van der Waals surface area contributed by atoms with Gasteiger partial charge in [-0.05, 0) is 66.1 Å². The van der Waals surface area contributed by atoms with Crippen molar-refractivity contribution in [2.24, 2.45) is 5.41 Å². The molecule has 2 N–H and O–H groups in total. The summed E-state index contributed by atoms with van der Waals surface area (Å²) in [7, 11) is -1.71. The lowest BCUT2D eigenvalue weighted by Crippen LogP contribution is -2.66. The van der Waals surface area contributed by atoms with Crippen molar-refractivity contribution >= 4 is 9.84 Å². The van der Waals surface area contributed by atoms with E-state index in [0.29, 0.717) is 30.0 Å². The van der Waals surface area contributed by atoms with Crippen LogP contribution in [0, 0.1) is 5.41 Å². The van der Waals surface area contributed by atoms with Gasteiger partial charge in [-0.25, -0.2) is 8.42 Å². The van der Waals surface area contributed by atoms with Crippen LogP contribution < -0.4 is 10.1 Å². The van der Waals surface area contributed by atoms with E-state index in [2.05, 4.69) is 41.4 Å². The molecule has 3 aromatic carbocycles. The molecule has 0 aliphatic carbocycles. The van der Waals surface area contributed by atoms with E-state index in [9.17, 15) is 13.5 Å². The molecule has 0 spiro atoms. The number of aliphatic hydroxyl groups excluding tert-OH is 1. The Morgan fingerprint density at radius 1 is 0.956 bits per heavy atom. The van der Waals surface area contributed by atoms with Crippen molar-refractivity contribution in [2.45, 2.75) is 69.7 Å². The maximum absolute atomic E-state index is 13.7. The molecule has 3 atom stereocenters. The third-order valence-electron chi connectivity index (χ3n) is 10.6. The number of rotatable bonds is 11. The standard InChI is InChI=1S/C37H50N3O4S/c1-4-5-16-37(2)27-45(42,43)34-15-10-30(24-38-3)23-33(34)35(36(37)41)31-11-6-29(7-12-31)26-44-32-13-8-28(9-14-32)25-40-20-17-39(18-21-40)19-22-40/h6-15,23,35-36,38,41H,4-5,16-22,24-27H2,1-3H3/q+1/t35-,36-,37?/m1/s1. The number of nitrogens with one attached hydrogen (secondary N) is 1. The molecular weight excluding hydrogens is 582 g/mol. The lowest BCUT2D eigenvalue weighted by molar-refractivity contribution is -0.953. The number of nitrogens with zero attached hydrogens (tertiary/aromatic N) is 2. The third-order valence-corrected chi connectivity index (χ3v) is 12.7. The summed E-state index contributed by atoms with van der Waals surface area (Å²) >= 11 is 0. The highest BCUT2D eigenvalue weighted by Gasteiger charge is 2.47. The van der Waals surface area contributed by atoms with Crippen LogP contribution in [0.3, 0.4) is 0 Å². The number of ether oxygens (including phenoxy) is 1. The van der Waals surface area contributed by atoms with Gasteiger partial charge in [-0.3, -0.25) is 4.90 Å². The highest BCUT2D eigenvalue weighted by atomic mass is 32.2. The van der Waals surface area contributed by atoms with E-state index in [1.807, 2.05) is 50.4 Å². The Kier molecular flexibility index (Phi) is 9.42. The van der Waals surface area contributed by atoms with Gasteiger partial charge in [-0.15, -0.1) is 0 Å². The minimum absolute atomic E-state index is 0.0562. The zero-order chi connectivity index (χ0) is 31.7. The smallest absolute Gasteiger partial charge is 0.179 e. The van der Waals surface area contributed by atoms with E-state index in [1.54, 1.807) is 6.07 Å². The second-order valence-corrected chi connectivity index (χ2v) is 16.0. The van der Waals surface area contributed by atoms with Gasteiger partial charge in [0.15, 0.2) is 9.84 Å². The van der Waals surface area contributed by atoms with Crippen LogP contribution >= 0.6 is 0 Å². The summed E-state index contributed by atoms with van der Waals surface area (Å²) < 4.78 is 34.9. The Bertz CT molecular complexity index is 1550. The summed E-state index contributed by atoms with van der Waals surface area (Å²) in [5, 5.41) is 15.2. The quantitative estimate of drug-likeness (QED) is 0.286. The fraction of sp³-hybridized carbons (Fsp3) is 0.514. The summed E-state index contributed by atoms with van der Waals surface area (Å²) in [4.78, 5) is 2.92. The predicted octanol–water partition coefficient (Wildman–Crippen LogP) is 5.11. The Labute approximate surface area is 269 Å². The van der Waals surface area contributed by atoms with E-state index in [-0.39, 0.29) is 5.75 Å². The third kappa shape index (κ3) is 6.86. The molecule has 0 aromatic heterocycles. The molecule has 8 heteroatoms. The van der Waals surface area contributed by atoms with Crippen molar-refractivity contribution < 1.29 is 22.7 Å². The number of quaternary nitrogens is 1. The number of aliphatic hydroxyl groups is 1. The zero-order valence-corrected chi connectivity index (χ0v) is 28.0. The van der Waals surface area contributed by atoms with Gasteiger partial charge in [0, 0.05) is 43.1 Å². The van der Waals surface area contributed by atoms with Gasteiger partial charge in [-0.1, -0.05) is 63.1 Å². The Hall–Kier alpha value is -2.75. The first-order chi connectivity index (χ1) is 21.6. The lowest BCUT2D eigenvalue weighted by Gasteiger charge is -2.50. The summed E-state index contributed by atoms with van der Waals surface area (Å²) in [6, 6.07) is 22.4. The number of unbranched alkanes of at least 4 members (excludes halogenated alkanes) is 1. The molecule has 3 saturated heterocycles. The van der Waals surface area contributed by atoms with E-state index in [4.69, 9.17) is 4.74 Å². The van der Waals surface area contributed by atoms with Crippen LogP contribution in [0.25, 0.3) is 0 Å². The molecule has 0 radical (unpaired) electrons. The fourth-order valence-corrected chi connectivity index (χ4v) is 9.96. The molecule has 7 rings (SSSR count). The van der Waals surface area contributed by atoms with Gasteiger partial charge in [0.1, 0.15) is 18.9 Å². The first-order valence-corrected chi connectivity index (χ1v) is 18.4. The summed E-state index contributed by atoms with van der Waals surface area (Å²) in [5.74, 6) is 0.348. The number of hydrogen-bond acceptors (Lipinski definition) is 6. The highest BCUT2D eigenvalue weighted by molar-refractivity contribution is 7.91. The van der Waals surface area contributed by atoms with Gasteiger partial charge >= 0.3 is 0 Å². The van der Waals surface area contributed by atoms with Crippen molar-refractivity contribution in [1.29, 1.82) is 0 Å². The summed E-state index contributed by atoms with van der Waals surface area (Å²) in [5.41, 5.74) is 4.25. The SMILES string of the molecule is CCCCC1(C)CS(=O)(=O)c2ccc(CNC)cc2[C@@H](c2ccc(COc3ccc(C[N+]45CCN(CC4)CC5)cc3)cc2)[C@H]1O. The van der Waals surface area contributed by atoms with Crippen molar-refractivity contribution in [1.82, 2.24) is 10.2 Å². The van der Waals surface area contributed by atoms with E-state index < -0.39 is 27.3 Å². The summed E-state index contributed by atoms with van der Waals surface area (Å²) in [6.45, 7) is 13.6. The van der Waals surface area contributed by atoms with Crippen LogP contribution in [0.1, 0.15) is 66.8 Å². The second-order valence-electron chi connectivity index (χ2n) is 14.0. The van der Waals surface area contributed by atoms with Crippen molar-refractivity contribution in [3.05, 3.63) is 94.5 Å². The molecular formula is C37H50N3O4S+. The van der Waals surface area contributed by atoms with Crippen molar-refractivity contribution in [2.75, 3.05) is 52.1 Å². The molecule has 3 aromatic rings. The maximum Gasteiger partial charge on any atom is 0.179 e. The molecule has 45 heavy (non-hydrogen) atoms. The van der Waals surface area contributed by atoms with E-state index in [0.717, 1.165) is 41.8 Å². The monoisotopic (exact) mass is 632 g/mol. The van der Waals surface area contributed by atoms with Crippen LogP contribution in [-0.2, 0) is 29.5 Å². The van der Waals surface area contributed by atoms with Crippen LogP contribution in [0.5, 0.6) is 5.75 Å². The van der Waals surface area contributed by atoms with Crippen LogP contribution in [0.2, 0.25) is 0 Å². The van der Waals surface area contributed by atoms with Gasteiger partial charge in [0.2, 0.25) is 0 Å². The average molecular weight is 633 g/mol. The molecule has 0 amide bonds. The van der Waals surface area contributed by atoms with E-state index >= 15 is 0 Å². The molecule has 4 aliphatic heterocycles. The molecule has 7 nitrogen and oxygen atoms in total. The number of fused-ring (bicyclic) bond motifs is 4. The Balaban J connectivity index is 1.20. The Morgan fingerprint density at radius 3 is 2.24 bits per heavy atom. The minimum atomic E-state index is -3.59. The maximum atomic E-state index is 13.7. The zero-order valence-electron chi connectivity index (χ0n) is 27.2. The molecule has 2 bridgehead atoms. The van der Waals surface area contributed by atoms with Gasteiger partial charge in [0.05, 0.1) is 36.4 Å². The fourth-order valence-electron chi connectivity index (χ4n) is 7.81. The number of piperazine rings is 3. The molecule has 4 aliphatic rings. The molecule has 242 valence electrons. The molecule has 1 unspecified atom stereocenters. The molecule has 4 heterocycles. The predicted molar refractivity (Wildman–Crippen MR) is 179 cm³/mol. The van der Waals surface area contributed by atoms with Gasteiger partial charge in [0.25, 0.3) is 0 Å². The summed E-state index contributed by atoms with van der Waals surface area (Å²) in [6.07, 6.45) is 1.63.